The Morgan fingerprint density at radius 3 is 2.57 bits per heavy atom. The first kappa shape index (κ1) is 11.4. The Hall–Kier alpha value is -0.710. The molecule has 1 N–H and O–H groups in total. The summed E-state index contributed by atoms with van der Waals surface area (Å²) < 4.78 is 29.3. The van der Waals surface area contributed by atoms with E-state index in [1.807, 2.05) is 0 Å². The highest BCUT2D eigenvalue weighted by Gasteiger charge is 2.34. The normalized spacial score (nSPS) is 19.4. The van der Waals surface area contributed by atoms with Crippen LogP contribution in [0.4, 0.5) is 8.78 Å². The second-order valence-corrected chi connectivity index (χ2v) is 3.68. The molecular formula is C9H15F2NO2. The number of nitrogens with one attached hydrogen (secondary N) is 1. The molecule has 0 aliphatic carbocycles. The second kappa shape index (κ2) is 4.68. The van der Waals surface area contributed by atoms with Gasteiger partial charge in [0.05, 0.1) is 6.61 Å². The van der Waals surface area contributed by atoms with Crippen molar-refractivity contribution < 1.29 is 18.3 Å². The van der Waals surface area contributed by atoms with Crippen LogP contribution in [0.5, 0.6) is 0 Å². The summed E-state index contributed by atoms with van der Waals surface area (Å²) in [5.41, 5.74) is 0. The Morgan fingerprint density at radius 1 is 1.50 bits per heavy atom. The SMILES string of the molecule is CC(F)(F)C(=O)OCC1CCNCC1. The molecule has 0 spiro atoms. The Balaban J connectivity index is 2.22. The second-order valence-electron chi connectivity index (χ2n) is 3.68. The largest absolute Gasteiger partial charge is 0.461 e. The molecular weight excluding hydrogens is 192 g/mol. The topological polar surface area (TPSA) is 38.3 Å². The Morgan fingerprint density at radius 2 is 2.07 bits per heavy atom. The van der Waals surface area contributed by atoms with E-state index in [1.54, 1.807) is 0 Å². The number of hydrogen-bond donors (Lipinski definition) is 1. The number of carbonyl (C=O) groups is 1. The molecule has 0 aromatic heterocycles. The van der Waals surface area contributed by atoms with Crippen molar-refractivity contribution in [2.75, 3.05) is 19.7 Å². The van der Waals surface area contributed by atoms with Gasteiger partial charge in [-0.15, -0.1) is 0 Å². The maximum Gasteiger partial charge on any atom is 0.376 e. The molecule has 14 heavy (non-hydrogen) atoms. The monoisotopic (exact) mass is 207 g/mol. The summed E-state index contributed by atoms with van der Waals surface area (Å²) in [5.74, 6) is -4.56. The number of halogens is 2. The van der Waals surface area contributed by atoms with Crippen LogP contribution in [0.3, 0.4) is 0 Å². The third-order valence-electron chi connectivity index (χ3n) is 2.27. The van der Waals surface area contributed by atoms with E-state index in [9.17, 15) is 13.6 Å². The number of esters is 1. The minimum atomic E-state index is -3.37. The van der Waals surface area contributed by atoms with Crippen molar-refractivity contribution in [2.45, 2.75) is 25.7 Å². The zero-order valence-corrected chi connectivity index (χ0v) is 8.19. The van der Waals surface area contributed by atoms with Crippen LogP contribution in [0.25, 0.3) is 0 Å². The van der Waals surface area contributed by atoms with E-state index in [1.165, 1.54) is 0 Å². The lowest BCUT2D eigenvalue weighted by atomic mass is 9.99. The van der Waals surface area contributed by atoms with Crippen LogP contribution in [0.15, 0.2) is 0 Å². The van der Waals surface area contributed by atoms with E-state index in [4.69, 9.17) is 0 Å². The number of ether oxygens (including phenoxy) is 1. The van der Waals surface area contributed by atoms with Gasteiger partial charge in [-0.1, -0.05) is 0 Å². The predicted octanol–water partition coefficient (Wildman–Crippen LogP) is 1.18. The minimum Gasteiger partial charge on any atom is -0.461 e. The average Bonchev–Trinajstić information content (AvgIpc) is 2.14. The highest BCUT2D eigenvalue weighted by atomic mass is 19.3. The zero-order chi connectivity index (χ0) is 10.6. The molecule has 1 rings (SSSR count). The van der Waals surface area contributed by atoms with Crippen LogP contribution < -0.4 is 5.32 Å². The Labute approximate surface area is 81.8 Å². The van der Waals surface area contributed by atoms with E-state index in [-0.39, 0.29) is 12.5 Å². The van der Waals surface area contributed by atoms with Crippen molar-refractivity contribution in [1.29, 1.82) is 0 Å². The first-order chi connectivity index (χ1) is 6.50. The third kappa shape index (κ3) is 3.57. The summed E-state index contributed by atoms with van der Waals surface area (Å²) >= 11 is 0. The standard InChI is InChI=1S/C9H15F2NO2/c1-9(10,11)8(13)14-6-7-2-4-12-5-3-7/h7,12H,2-6H2,1H3. The van der Waals surface area contributed by atoms with Crippen LogP contribution >= 0.6 is 0 Å². The van der Waals surface area contributed by atoms with Gasteiger partial charge in [0.25, 0.3) is 0 Å². The lowest BCUT2D eigenvalue weighted by molar-refractivity contribution is -0.170. The molecule has 1 fully saturated rings. The number of rotatable bonds is 3. The number of hydrogen-bond acceptors (Lipinski definition) is 3. The van der Waals surface area contributed by atoms with E-state index < -0.39 is 11.9 Å². The van der Waals surface area contributed by atoms with Crippen molar-refractivity contribution >= 4 is 5.97 Å². The van der Waals surface area contributed by atoms with Crippen molar-refractivity contribution in [1.82, 2.24) is 5.32 Å². The van der Waals surface area contributed by atoms with E-state index in [2.05, 4.69) is 10.1 Å². The highest BCUT2D eigenvalue weighted by Crippen LogP contribution is 2.17. The molecule has 0 aromatic rings. The maximum atomic E-state index is 12.4. The molecule has 0 amide bonds. The quantitative estimate of drug-likeness (QED) is 0.706. The Bertz CT molecular complexity index is 197. The van der Waals surface area contributed by atoms with Crippen molar-refractivity contribution in [3.8, 4) is 0 Å². The summed E-state index contributed by atoms with van der Waals surface area (Å²) in [6.45, 7) is 2.40. The first-order valence-electron chi connectivity index (χ1n) is 4.76. The summed E-state index contributed by atoms with van der Waals surface area (Å²) in [5, 5.41) is 3.14. The molecule has 0 bridgehead atoms. The summed E-state index contributed by atoms with van der Waals surface area (Å²) in [6, 6.07) is 0. The minimum absolute atomic E-state index is 0.115. The Kier molecular flexibility index (Phi) is 3.80. The molecule has 1 aliphatic heterocycles. The van der Waals surface area contributed by atoms with Crippen LogP contribution in [-0.4, -0.2) is 31.6 Å². The van der Waals surface area contributed by atoms with Gasteiger partial charge >= 0.3 is 11.9 Å². The molecule has 0 atom stereocenters. The smallest absolute Gasteiger partial charge is 0.376 e. The van der Waals surface area contributed by atoms with Crippen LogP contribution in [-0.2, 0) is 9.53 Å². The molecule has 5 heteroatoms. The molecule has 0 unspecified atom stereocenters. The molecule has 3 nitrogen and oxygen atoms in total. The van der Waals surface area contributed by atoms with Crippen molar-refractivity contribution in [3.05, 3.63) is 0 Å². The van der Waals surface area contributed by atoms with Gasteiger partial charge in [-0.25, -0.2) is 4.79 Å². The highest BCUT2D eigenvalue weighted by molar-refractivity contribution is 5.76. The van der Waals surface area contributed by atoms with Crippen molar-refractivity contribution in [2.24, 2.45) is 5.92 Å². The van der Waals surface area contributed by atoms with Gasteiger partial charge < -0.3 is 10.1 Å². The van der Waals surface area contributed by atoms with Crippen LogP contribution in [0, 0.1) is 5.92 Å². The van der Waals surface area contributed by atoms with Crippen LogP contribution in [0.1, 0.15) is 19.8 Å². The lowest BCUT2D eigenvalue weighted by Crippen LogP contribution is -2.33. The number of carbonyl (C=O) groups excluding carboxylic acids is 1. The van der Waals surface area contributed by atoms with Crippen LogP contribution in [0.2, 0.25) is 0 Å². The van der Waals surface area contributed by atoms with Gasteiger partial charge in [0, 0.05) is 6.92 Å². The van der Waals surface area contributed by atoms with E-state index in [0.29, 0.717) is 6.92 Å². The molecule has 82 valence electrons. The molecule has 0 radical (unpaired) electrons. The maximum absolute atomic E-state index is 12.4. The molecule has 0 aromatic carbocycles. The summed E-state index contributed by atoms with van der Waals surface area (Å²) in [7, 11) is 0. The van der Waals surface area contributed by atoms with Gasteiger partial charge in [-0.05, 0) is 31.8 Å². The van der Waals surface area contributed by atoms with Gasteiger partial charge in [-0.2, -0.15) is 8.78 Å². The fourth-order valence-corrected chi connectivity index (χ4v) is 1.37. The average molecular weight is 207 g/mol. The molecule has 1 aliphatic rings. The zero-order valence-electron chi connectivity index (χ0n) is 8.19. The fraction of sp³-hybridized carbons (Fsp3) is 0.889. The summed E-state index contributed by atoms with van der Waals surface area (Å²) in [6.07, 6.45) is 1.76. The van der Waals surface area contributed by atoms with Gasteiger partial charge in [0.15, 0.2) is 0 Å². The predicted molar refractivity (Wildman–Crippen MR) is 47.2 cm³/mol. The van der Waals surface area contributed by atoms with Gasteiger partial charge in [-0.3, -0.25) is 0 Å². The molecule has 1 heterocycles. The van der Waals surface area contributed by atoms with Gasteiger partial charge in [0.1, 0.15) is 0 Å². The molecule has 1 saturated heterocycles. The van der Waals surface area contributed by atoms with Gasteiger partial charge in [0.2, 0.25) is 0 Å². The summed E-state index contributed by atoms with van der Waals surface area (Å²) in [4.78, 5) is 10.7. The first-order valence-corrected chi connectivity index (χ1v) is 4.76. The van der Waals surface area contributed by atoms with E-state index in [0.717, 1.165) is 25.9 Å². The number of alkyl halides is 2. The lowest BCUT2D eigenvalue weighted by Gasteiger charge is -2.22. The van der Waals surface area contributed by atoms with Crippen molar-refractivity contribution in [3.63, 3.8) is 0 Å². The third-order valence-corrected chi connectivity index (χ3v) is 2.27. The van der Waals surface area contributed by atoms with E-state index >= 15 is 0 Å². The number of piperidine rings is 1. The molecule has 0 saturated carbocycles. The fourth-order valence-electron chi connectivity index (χ4n) is 1.37.